The van der Waals surface area contributed by atoms with E-state index in [1.54, 1.807) is 0 Å². The molecule has 10 heteroatoms. The standard InChI is InChI=1S/C11H13N3O7/c1-13-5-6(14(19)20)3-8(13)10(16)12-7(11(17)18)4-9(15)21-2/h3,5,7H,4H2,1-2H3,(H,12,16)(H,17,18)/t7-/m0/s1. The van der Waals surface area contributed by atoms with Gasteiger partial charge in [-0.3, -0.25) is 19.7 Å². The molecule has 0 aliphatic carbocycles. The summed E-state index contributed by atoms with van der Waals surface area (Å²) in [4.78, 5) is 43.9. The fourth-order valence-corrected chi connectivity index (χ4v) is 1.55. The van der Waals surface area contributed by atoms with Crippen molar-refractivity contribution in [1.29, 1.82) is 0 Å². The van der Waals surface area contributed by atoms with E-state index in [4.69, 9.17) is 5.11 Å². The van der Waals surface area contributed by atoms with Gasteiger partial charge in [0.15, 0.2) is 0 Å². The molecule has 0 spiro atoms. The number of amides is 1. The number of carbonyl (C=O) groups excluding carboxylic acids is 2. The number of carboxylic acid groups (broad SMARTS) is 1. The maximum absolute atomic E-state index is 11.9. The smallest absolute Gasteiger partial charge is 0.326 e. The van der Waals surface area contributed by atoms with Crippen LogP contribution in [0.3, 0.4) is 0 Å². The molecule has 1 rings (SSSR count). The molecule has 0 aliphatic rings. The highest BCUT2D eigenvalue weighted by atomic mass is 16.6. The average Bonchev–Trinajstić information content (AvgIpc) is 2.79. The topological polar surface area (TPSA) is 141 Å². The van der Waals surface area contributed by atoms with Crippen molar-refractivity contribution in [3.05, 3.63) is 28.1 Å². The van der Waals surface area contributed by atoms with Crippen molar-refractivity contribution in [1.82, 2.24) is 9.88 Å². The maximum Gasteiger partial charge on any atom is 0.326 e. The Hall–Kier alpha value is -2.91. The molecule has 1 heterocycles. The molecule has 2 N–H and O–H groups in total. The molecule has 114 valence electrons. The van der Waals surface area contributed by atoms with Crippen LogP contribution in [0, 0.1) is 10.1 Å². The van der Waals surface area contributed by atoms with Gasteiger partial charge in [-0.05, 0) is 0 Å². The number of methoxy groups -OCH3 is 1. The lowest BCUT2D eigenvalue weighted by atomic mass is 10.2. The number of esters is 1. The zero-order valence-electron chi connectivity index (χ0n) is 11.2. The van der Waals surface area contributed by atoms with Crippen molar-refractivity contribution < 1.29 is 29.2 Å². The predicted molar refractivity (Wildman–Crippen MR) is 67.6 cm³/mol. The van der Waals surface area contributed by atoms with Crippen LogP contribution in [-0.2, 0) is 21.4 Å². The SMILES string of the molecule is COC(=O)C[C@H](NC(=O)c1cc([N+](=O)[O-])cn1C)C(=O)O. The van der Waals surface area contributed by atoms with Crippen LogP contribution in [0.25, 0.3) is 0 Å². The van der Waals surface area contributed by atoms with E-state index in [1.807, 2.05) is 0 Å². The molecule has 0 radical (unpaired) electrons. The molecule has 0 bridgehead atoms. The number of ether oxygens (including phenoxy) is 1. The van der Waals surface area contributed by atoms with Crippen molar-refractivity contribution in [2.24, 2.45) is 7.05 Å². The summed E-state index contributed by atoms with van der Waals surface area (Å²) < 4.78 is 5.51. The van der Waals surface area contributed by atoms with Gasteiger partial charge in [-0.1, -0.05) is 0 Å². The van der Waals surface area contributed by atoms with Crippen LogP contribution in [0.2, 0.25) is 0 Å². The van der Waals surface area contributed by atoms with Crippen LogP contribution in [0.15, 0.2) is 12.3 Å². The van der Waals surface area contributed by atoms with E-state index in [0.29, 0.717) is 0 Å². The number of hydrogen-bond acceptors (Lipinski definition) is 6. The molecular formula is C11H13N3O7. The fourth-order valence-electron chi connectivity index (χ4n) is 1.55. The van der Waals surface area contributed by atoms with Crippen molar-refractivity contribution in [3.8, 4) is 0 Å². The van der Waals surface area contributed by atoms with Gasteiger partial charge in [-0.2, -0.15) is 0 Å². The molecule has 0 saturated carbocycles. The third-order valence-corrected chi connectivity index (χ3v) is 2.64. The van der Waals surface area contributed by atoms with E-state index in [-0.39, 0.29) is 11.4 Å². The largest absolute Gasteiger partial charge is 0.480 e. The highest BCUT2D eigenvalue weighted by Gasteiger charge is 2.26. The Kier molecular flexibility index (Phi) is 5.00. The lowest BCUT2D eigenvalue weighted by molar-refractivity contribution is -0.384. The summed E-state index contributed by atoms with van der Waals surface area (Å²) in [7, 11) is 2.49. The number of nitro groups is 1. The summed E-state index contributed by atoms with van der Waals surface area (Å²) in [6.07, 6.45) is 0.565. The van der Waals surface area contributed by atoms with Gasteiger partial charge in [-0.15, -0.1) is 0 Å². The molecule has 0 saturated heterocycles. The first-order valence-electron chi connectivity index (χ1n) is 5.67. The third-order valence-electron chi connectivity index (χ3n) is 2.64. The fraction of sp³-hybridized carbons (Fsp3) is 0.364. The lowest BCUT2D eigenvalue weighted by Crippen LogP contribution is -2.42. The second kappa shape index (κ2) is 6.50. The first-order chi connectivity index (χ1) is 9.76. The number of aromatic nitrogens is 1. The molecule has 0 aromatic carbocycles. The van der Waals surface area contributed by atoms with Crippen LogP contribution in [0.5, 0.6) is 0 Å². The summed E-state index contributed by atoms with van der Waals surface area (Å²) in [5.74, 6) is -3.07. The van der Waals surface area contributed by atoms with Crippen molar-refractivity contribution in [3.63, 3.8) is 0 Å². The van der Waals surface area contributed by atoms with Crippen molar-refractivity contribution >= 4 is 23.5 Å². The molecule has 1 aromatic heterocycles. The number of nitrogens with one attached hydrogen (secondary N) is 1. The second-order valence-corrected chi connectivity index (χ2v) is 4.10. The molecule has 0 fully saturated rings. The highest BCUT2D eigenvalue weighted by Crippen LogP contribution is 2.15. The average molecular weight is 299 g/mol. The minimum Gasteiger partial charge on any atom is -0.480 e. The minimum absolute atomic E-state index is 0.0992. The summed E-state index contributed by atoms with van der Waals surface area (Å²) in [5.41, 5.74) is -0.402. The van der Waals surface area contributed by atoms with Gasteiger partial charge >= 0.3 is 11.9 Å². The number of carboxylic acids is 1. The number of hydrogen-bond donors (Lipinski definition) is 2. The molecule has 1 aromatic rings. The monoisotopic (exact) mass is 299 g/mol. The lowest BCUT2D eigenvalue weighted by Gasteiger charge is -2.13. The minimum atomic E-state index is -1.49. The normalized spacial score (nSPS) is 11.5. The molecule has 21 heavy (non-hydrogen) atoms. The van der Waals surface area contributed by atoms with E-state index >= 15 is 0 Å². The van der Waals surface area contributed by atoms with E-state index in [2.05, 4.69) is 10.1 Å². The quantitative estimate of drug-likeness (QED) is 0.416. The Morgan fingerprint density at radius 2 is 2.14 bits per heavy atom. The van der Waals surface area contributed by atoms with Crippen LogP contribution in [-0.4, -0.2) is 45.6 Å². The predicted octanol–water partition coefficient (Wildman–Crippen LogP) is -0.321. The van der Waals surface area contributed by atoms with Crippen LogP contribution in [0.4, 0.5) is 5.69 Å². The van der Waals surface area contributed by atoms with Crippen LogP contribution >= 0.6 is 0 Å². The zero-order chi connectivity index (χ0) is 16.2. The summed E-state index contributed by atoms with van der Waals surface area (Å²) >= 11 is 0. The zero-order valence-corrected chi connectivity index (χ0v) is 11.2. The molecule has 1 amide bonds. The van der Waals surface area contributed by atoms with Gasteiger partial charge in [0.05, 0.1) is 24.7 Å². The van der Waals surface area contributed by atoms with Crippen LogP contribution < -0.4 is 5.32 Å². The summed E-state index contributed by atoms with van der Waals surface area (Å²) in [5, 5.41) is 21.7. The van der Waals surface area contributed by atoms with Gasteiger partial charge in [0.1, 0.15) is 11.7 Å². The van der Waals surface area contributed by atoms with Crippen molar-refractivity contribution in [2.75, 3.05) is 7.11 Å². The van der Waals surface area contributed by atoms with E-state index in [0.717, 1.165) is 19.4 Å². The molecule has 10 nitrogen and oxygen atoms in total. The van der Waals surface area contributed by atoms with Gasteiger partial charge in [0.25, 0.3) is 11.6 Å². The van der Waals surface area contributed by atoms with Gasteiger partial charge in [0.2, 0.25) is 0 Å². The van der Waals surface area contributed by atoms with E-state index < -0.39 is 35.2 Å². The molecule has 1 atom stereocenters. The highest BCUT2D eigenvalue weighted by molar-refractivity contribution is 5.96. The Morgan fingerprint density at radius 3 is 2.57 bits per heavy atom. The Balaban J connectivity index is 2.89. The van der Waals surface area contributed by atoms with E-state index in [1.165, 1.54) is 11.6 Å². The Morgan fingerprint density at radius 1 is 1.52 bits per heavy atom. The first-order valence-corrected chi connectivity index (χ1v) is 5.67. The Bertz CT molecular complexity index is 593. The number of aryl methyl sites for hydroxylation is 1. The number of carbonyl (C=O) groups is 3. The van der Waals surface area contributed by atoms with Gasteiger partial charge in [0, 0.05) is 13.1 Å². The van der Waals surface area contributed by atoms with Crippen LogP contribution in [0.1, 0.15) is 16.9 Å². The molecular weight excluding hydrogens is 286 g/mol. The summed E-state index contributed by atoms with van der Waals surface area (Å²) in [6, 6.07) is -0.481. The third kappa shape index (κ3) is 4.03. The maximum atomic E-state index is 11.9. The Labute approximate surface area is 118 Å². The second-order valence-electron chi connectivity index (χ2n) is 4.10. The summed E-state index contributed by atoms with van der Waals surface area (Å²) in [6.45, 7) is 0. The van der Waals surface area contributed by atoms with Crippen molar-refractivity contribution in [2.45, 2.75) is 12.5 Å². The molecule has 0 unspecified atom stereocenters. The van der Waals surface area contributed by atoms with E-state index in [9.17, 15) is 24.5 Å². The number of aliphatic carboxylic acids is 1. The first kappa shape index (κ1) is 16.1. The number of rotatable bonds is 6. The van der Waals surface area contributed by atoms with Gasteiger partial charge in [-0.25, -0.2) is 4.79 Å². The van der Waals surface area contributed by atoms with Gasteiger partial charge < -0.3 is 19.7 Å². The molecule has 0 aliphatic heterocycles. The number of nitrogens with zero attached hydrogens (tertiary/aromatic N) is 2.